The molecule has 14 heteroatoms. The standard InChI is InChI=1S/2C18H19ClF3NOS/c2*1-17(2,3)25(24)23-16(13-9-5-7-11-15(13)19)12-8-4-6-10-14(12)18(20,21)22/h2*4-11,16,23H,1-3H3/t2*16-,25-/m11/s1. The van der Waals surface area contributed by atoms with E-state index in [1.165, 1.54) is 36.4 Å². The summed E-state index contributed by atoms with van der Waals surface area (Å²) in [5.41, 5.74) is -0.699. The topological polar surface area (TPSA) is 58.2 Å². The van der Waals surface area contributed by atoms with Crippen molar-refractivity contribution in [2.45, 2.75) is 75.5 Å². The Morgan fingerprint density at radius 2 is 0.740 bits per heavy atom. The third-order valence-corrected chi connectivity index (χ3v) is 11.0. The van der Waals surface area contributed by atoms with E-state index < -0.39 is 67.0 Å². The Morgan fingerprint density at radius 1 is 0.480 bits per heavy atom. The molecule has 0 bridgehead atoms. The predicted molar refractivity (Wildman–Crippen MR) is 192 cm³/mol. The highest BCUT2D eigenvalue weighted by Gasteiger charge is 2.38. The van der Waals surface area contributed by atoms with E-state index in [0.29, 0.717) is 21.2 Å². The van der Waals surface area contributed by atoms with Gasteiger partial charge >= 0.3 is 12.4 Å². The van der Waals surface area contributed by atoms with Crippen molar-refractivity contribution in [3.05, 3.63) is 140 Å². The normalized spacial score (nSPS) is 15.0. The van der Waals surface area contributed by atoms with Crippen molar-refractivity contribution < 1.29 is 34.8 Å². The molecule has 2 N–H and O–H groups in total. The van der Waals surface area contributed by atoms with Gasteiger partial charge in [-0.2, -0.15) is 26.3 Å². The third kappa shape index (κ3) is 11.1. The molecule has 4 rings (SSSR count). The number of benzene rings is 4. The fourth-order valence-corrected chi connectivity index (χ4v) is 6.72. The van der Waals surface area contributed by atoms with Gasteiger partial charge in [0.05, 0.1) is 54.7 Å². The molecule has 0 radical (unpaired) electrons. The summed E-state index contributed by atoms with van der Waals surface area (Å²) in [5.74, 6) is 0. The largest absolute Gasteiger partial charge is 0.416 e. The fourth-order valence-electron chi connectivity index (χ4n) is 4.59. The second-order valence-electron chi connectivity index (χ2n) is 13.1. The Balaban J connectivity index is 0.000000270. The molecule has 0 fully saturated rings. The van der Waals surface area contributed by atoms with Gasteiger partial charge < -0.3 is 0 Å². The first-order valence-electron chi connectivity index (χ1n) is 15.2. The van der Waals surface area contributed by atoms with E-state index in [0.717, 1.165) is 12.1 Å². The molecule has 0 saturated heterocycles. The zero-order chi connectivity index (χ0) is 37.7. The molecule has 50 heavy (non-hydrogen) atoms. The predicted octanol–water partition coefficient (Wildman–Crippen LogP) is 11.0. The first-order valence-corrected chi connectivity index (χ1v) is 18.3. The summed E-state index contributed by atoms with van der Waals surface area (Å²) in [5, 5.41) is 0.616. The average Bonchev–Trinajstić information content (AvgIpc) is 3.02. The summed E-state index contributed by atoms with van der Waals surface area (Å²) in [4.78, 5) is 0. The lowest BCUT2D eigenvalue weighted by molar-refractivity contribution is -0.139. The molecule has 0 amide bonds. The van der Waals surface area contributed by atoms with Gasteiger partial charge in [0.15, 0.2) is 0 Å². The van der Waals surface area contributed by atoms with Gasteiger partial charge in [-0.25, -0.2) is 17.9 Å². The van der Waals surface area contributed by atoms with Crippen LogP contribution in [-0.2, 0) is 34.3 Å². The van der Waals surface area contributed by atoms with Gasteiger partial charge in [-0.1, -0.05) is 96.0 Å². The molecule has 0 aromatic heterocycles. The van der Waals surface area contributed by atoms with E-state index in [1.807, 2.05) is 0 Å². The van der Waals surface area contributed by atoms with Crippen molar-refractivity contribution in [2.24, 2.45) is 0 Å². The van der Waals surface area contributed by atoms with Crippen LogP contribution in [0.25, 0.3) is 0 Å². The highest BCUT2D eigenvalue weighted by Crippen LogP contribution is 2.40. The van der Waals surface area contributed by atoms with Crippen LogP contribution in [0.1, 0.15) is 87.0 Å². The molecular weight excluding hydrogens is 741 g/mol. The Kier molecular flexibility index (Phi) is 13.9. The van der Waals surface area contributed by atoms with Crippen LogP contribution in [0, 0.1) is 0 Å². The molecule has 4 aromatic rings. The summed E-state index contributed by atoms with van der Waals surface area (Å²) in [6.07, 6.45) is -9.05. The summed E-state index contributed by atoms with van der Waals surface area (Å²) < 4.78 is 110. The van der Waals surface area contributed by atoms with Crippen LogP contribution in [0.15, 0.2) is 97.1 Å². The van der Waals surface area contributed by atoms with E-state index in [1.54, 1.807) is 90.1 Å². The number of hydrogen-bond acceptors (Lipinski definition) is 2. The highest BCUT2D eigenvalue weighted by molar-refractivity contribution is 7.84. The van der Waals surface area contributed by atoms with Crippen molar-refractivity contribution in [1.29, 1.82) is 0 Å². The molecule has 4 aromatic carbocycles. The van der Waals surface area contributed by atoms with Crippen molar-refractivity contribution in [1.82, 2.24) is 9.44 Å². The van der Waals surface area contributed by atoms with Crippen LogP contribution >= 0.6 is 23.2 Å². The monoisotopic (exact) mass is 778 g/mol. The Bertz CT molecular complexity index is 1670. The second-order valence-corrected chi connectivity index (χ2v) is 17.9. The number of alkyl halides is 6. The van der Waals surface area contributed by atoms with E-state index in [4.69, 9.17) is 23.2 Å². The van der Waals surface area contributed by atoms with Gasteiger partial charge in [0.1, 0.15) is 0 Å². The number of rotatable bonds is 8. The van der Waals surface area contributed by atoms with Gasteiger partial charge in [-0.3, -0.25) is 0 Å². The van der Waals surface area contributed by atoms with E-state index in [9.17, 15) is 34.8 Å². The molecule has 0 spiro atoms. The van der Waals surface area contributed by atoms with Crippen LogP contribution < -0.4 is 9.44 Å². The molecule has 4 nitrogen and oxygen atoms in total. The lowest BCUT2D eigenvalue weighted by Crippen LogP contribution is -2.37. The molecular formula is C36H38Cl2F6N2O2S2. The van der Waals surface area contributed by atoms with Crippen LogP contribution in [0.3, 0.4) is 0 Å². The maximum absolute atomic E-state index is 13.5. The van der Waals surface area contributed by atoms with E-state index >= 15 is 0 Å². The highest BCUT2D eigenvalue weighted by atomic mass is 35.5. The van der Waals surface area contributed by atoms with Gasteiger partial charge in [0.25, 0.3) is 0 Å². The SMILES string of the molecule is CC(C)(C)[S@@](=O)N[C@@H](c1ccccc1Cl)c1ccccc1C(F)(F)F.CC(C)(C)[S@@](=O)N[C@@H](c1ccccc1Cl)c1ccccc1C(F)(F)F. The molecule has 0 heterocycles. The van der Waals surface area contributed by atoms with Gasteiger partial charge in [0, 0.05) is 10.0 Å². The van der Waals surface area contributed by atoms with Crippen molar-refractivity contribution in [3.63, 3.8) is 0 Å². The number of nitrogens with one attached hydrogen (secondary N) is 2. The summed E-state index contributed by atoms with van der Waals surface area (Å²) in [6, 6.07) is 21.8. The quantitative estimate of drug-likeness (QED) is 0.175. The Morgan fingerprint density at radius 3 is 1.00 bits per heavy atom. The minimum Gasteiger partial charge on any atom is -0.242 e. The number of halogens is 8. The number of hydrogen-bond donors (Lipinski definition) is 2. The van der Waals surface area contributed by atoms with Crippen LogP contribution in [-0.4, -0.2) is 17.9 Å². The maximum atomic E-state index is 13.5. The fraction of sp³-hybridized carbons (Fsp3) is 0.333. The minimum atomic E-state index is -4.53. The first kappa shape index (κ1) is 41.7. The van der Waals surface area contributed by atoms with Gasteiger partial charge in [0.2, 0.25) is 0 Å². The smallest absolute Gasteiger partial charge is 0.242 e. The lowest BCUT2D eigenvalue weighted by Gasteiger charge is -2.27. The zero-order valence-electron chi connectivity index (χ0n) is 28.0. The molecule has 4 atom stereocenters. The van der Waals surface area contributed by atoms with Crippen LogP contribution in [0.5, 0.6) is 0 Å². The molecule has 0 aliphatic carbocycles. The minimum absolute atomic E-state index is 0.0132. The molecule has 0 unspecified atom stereocenters. The van der Waals surface area contributed by atoms with Gasteiger partial charge in [-0.15, -0.1) is 0 Å². The summed E-state index contributed by atoms with van der Waals surface area (Å²) >= 11 is 12.4. The van der Waals surface area contributed by atoms with Crippen molar-refractivity contribution >= 4 is 45.2 Å². The summed E-state index contributed by atoms with van der Waals surface area (Å²) in [7, 11) is -3.18. The van der Waals surface area contributed by atoms with Crippen LogP contribution in [0.4, 0.5) is 26.3 Å². The molecule has 272 valence electrons. The Hall–Kier alpha value is -2.74. The average molecular weight is 780 g/mol. The van der Waals surface area contributed by atoms with E-state index in [2.05, 4.69) is 9.44 Å². The zero-order valence-corrected chi connectivity index (χ0v) is 31.2. The maximum Gasteiger partial charge on any atom is 0.416 e. The van der Waals surface area contributed by atoms with E-state index in [-0.39, 0.29) is 11.1 Å². The third-order valence-electron chi connectivity index (χ3n) is 7.15. The lowest BCUT2D eigenvalue weighted by atomic mass is 9.95. The van der Waals surface area contributed by atoms with Gasteiger partial charge in [-0.05, 0) is 88.1 Å². The first-order chi connectivity index (χ1) is 23.0. The second kappa shape index (κ2) is 16.7. The van der Waals surface area contributed by atoms with Crippen molar-refractivity contribution in [3.8, 4) is 0 Å². The molecule has 0 aliphatic heterocycles. The molecule has 0 aliphatic rings. The molecule has 0 saturated carbocycles. The summed E-state index contributed by atoms with van der Waals surface area (Å²) in [6.45, 7) is 10.5. The van der Waals surface area contributed by atoms with Crippen molar-refractivity contribution in [2.75, 3.05) is 0 Å². The van der Waals surface area contributed by atoms with Crippen LogP contribution in [0.2, 0.25) is 10.0 Å². The Labute approximate surface area is 304 Å².